The summed E-state index contributed by atoms with van der Waals surface area (Å²) in [5.74, 6) is -0.0490. The van der Waals surface area contributed by atoms with Crippen molar-refractivity contribution >= 4 is 26.8 Å². The molecular weight excluding hydrogens is 408 g/mol. The Kier molecular flexibility index (Phi) is 7.47. The van der Waals surface area contributed by atoms with Gasteiger partial charge in [-0.05, 0) is 0 Å². The fraction of sp³-hybridized carbons (Fsp3) is 0.263. The van der Waals surface area contributed by atoms with E-state index in [0.29, 0.717) is 0 Å². The van der Waals surface area contributed by atoms with E-state index < -0.39 is 22.9 Å². The second-order valence-electron chi connectivity index (χ2n) is 6.01. The van der Waals surface area contributed by atoms with Crippen molar-refractivity contribution in [2.45, 2.75) is 25.0 Å². The van der Waals surface area contributed by atoms with Gasteiger partial charge in [-0.15, -0.1) is 0 Å². The predicted molar refractivity (Wildman–Crippen MR) is 94.4 cm³/mol. The second kappa shape index (κ2) is 9.18. The fourth-order valence-corrected chi connectivity index (χ4v) is 3.68. The Balaban J connectivity index is 0.00000243. The Morgan fingerprint density at radius 3 is 2.08 bits per heavy atom. The Morgan fingerprint density at radius 2 is 1.62 bits per heavy atom. The molecule has 0 saturated carbocycles. The van der Waals surface area contributed by atoms with Gasteiger partial charge >= 0.3 is 183 Å². The molecule has 2 aromatic carbocycles. The molecular formula is C19H18NNaO4Se. The minimum absolute atomic E-state index is 0. The number of ether oxygens (including phenoxy) is 1. The van der Waals surface area contributed by atoms with Crippen LogP contribution < -0.4 is 34.9 Å². The van der Waals surface area contributed by atoms with Crippen LogP contribution in [-0.2, 0) is 9.53 Å². The largest absolute Gasteiger partial charge is 1.00 e. The first-order valence-electron chi connectivity index (χ1n) is 7.99. The Hall–Kier alpha value is -1.14. The molecule has 0 fully saturated rings. The molecule has 0 unspecified atom stereocenters. The van der Waals surface area contributed by atoms with Gasteiger partial charge in [0.1, 0.15) is 0 Å². The second-order valence-corrected chi connectivity index (χ2v) is 6.85. The molecule has 0 radical (unpaired) electrons. The molecule has 0 heterocycles. The van der Waals surface area contributed by atoms with Crippen LogP contribution in [0.25, 0.3) is 11.1 Å². The third kappa shape index (κ3) is 4.39. The maximum atomic E-state index is 12.0. The van der Waals surface area contributed by atoms with Crippen LogP contribution >= 0.6 is 0 Å². The molecule has 0 bridgehead atoms. The number of carbonyl (C=O) groups excluding carboxylic acids is 2. The van der Waals surface area contributed by atoms with Crippen LogP contribution in [0.1, 0.15) is 24.0 Å². The van der Waals surface area contributed by atoms with Gasteiger partial charge in [0, 0.05) is 0 Å². The van der Waals surface area contributed by atoms with E-state index in [9.17, 15) is 14.7 Å². The molecule has 0 saturated heterocycles. The van der Waals surface area contributed by atoms with E-state index in [0.717, 1.165) is 22.3 Å². The number of carbonyl (C=O) groups is 2. The summed E-state index contributed by atoms with van der Waals surface area (Å²) in [4.78, 5) is 23.5. The number of fused-ring (bicyclic) bond motifs is 3. The molecule has 1 aliphatic carbocycles. The summed E-state index contributed by atoms with van der Waals surface area (Å²) in [7, 11) is 0. The van der Waals surface area contributed by atoms with Gasteiger partial charge in [-0.3, -0.25) is 0 Å². The maximum absolute atomic E-state index is 12.0. The molecule has 1 aliphatic rings. The number of nitrogens with one attached hydrogen (secondary N) is 1. The molecule has 1 amide bonds. The first-order valence-corrected chi connectivity index (χ1v) is 8.85. The summed E-state index contributed by atoms with van der Waals surface area (Å²) >= 11 is 2.28. The number of hydrogen-bond donors (Lipinski definition) is 2. The summed E-state index contributed by atoms with van der Waals surface area (Å²) < 4.78 is 4.90. The van der Waals surface area contributed by atoms with Crippen LogP contribution in [0.4, 0.5) is 4.79 Å². The van der Waals surface area contributed by atoms with Crippen LogP contribution in [0, 0.1) is 0 Å². The molecule has 0 aliphatic heterocycles. The van der Waals surface area contributed by atoms with Crippen molar-refractivity contribution in [1.82, 2.24) is 5.32 Å². The third-order valence-electron chi connectivity index (χ3n) is 4.35. The zero-order valence-corrected chi connectivity index (χ0v) is 18.4. The van der Waals surface area contributed by atoms with Gasteiger partial charge in [0.15, 0.2) is 0 Å². The smallest absolute Gasteiger partial charge is 1.00 e. The molecule has 130 valence electrons. The summed E-state index contributed by atoms with van der Waals surface area (Å²) in [5.41, 5.74) is 4.52. The third-order valence-corrected chi connectivity index (χ3v) is 4.89. The SMILES string of the molecule is C[C@H](O)[C@@H](NC(=O)OCC1c2ccccc2-c2ccccc21)C(=O)[Se-].[Na+]. The summed E-state index contributed by atoms with van der Waals surface area (Å²) in [6, 6.07) is 15.1. The van der Waals surface area contributed by atoms with Gasteiger partial charge in [-0.1, -0.05) is 0 Å². The maximum Gasteiger partial charge on any atom is 1.00 e. The molecule has 2 aromatic rings. The Morgan fingerprint density at radius 1 is 1.12 bits per heavy atom. The van der Waals surface area contributed by atoms with Crippen molar-refractivity contribution in [2.75, 3.05) is 6.61 Å². The van der Waals surface area contributed by atoms with Gasteiger partial charge < -0.3 is 0 Å². The number of amides is 1. The van der Waals surface area contributed by atoms with Crippen LogP contribution in [-0.4, -0.2) is 50.6 Å². The minimum Gasteiger partial charge on any atom is 1.00 e. The first kappa shape index (κ1) is 21.2. The van der Waals surface area contributed by atoms with Crippen molar-refractivity contribution in [3.05, 3.63) is 59.7 Å². The van der Waals surface area contributed by atoms with Gasteiger partial charge in [-0.25, -0.2) is 0 Å². The van der Waals surface area contributed by atoms with Gasteiger partial charge in [0.05, 0.1) is 0 Å². The average Bonchev–Trinajstić information content (AvgIpc) is 2.91. The summed E-state index contributed by atoms with van der Waals surface area (Å²) in [6.07, 6.45) is -1.73. The van der Waals surface area contributed by atoms with E-state index in [2.05, 4.69) is 33.5 Å². The minimum atomic E-state index is -1.02. The molecule has 0 spiro atoms. The molecule has 3 rings (SSSR count). The van der Waals surface area contributed by atoms with E-state index in [1.54, 1.807) is 0 Å². The van der Waals surface area contributed by atoms with Gasteiger partial charge in [0.25, 0.3) is 0 Å². The predicted octanol–water partition coefficient (Wildman–Crippen LogP) is -1.03. The molecule has 2 N–H and O–H groups in total. The zero-order chi connectivity index (χ0) is 18.0. The zero-order valence-electron chi connectivity index (χ0n) is 14.6. The summed E-state index contributed by atoms with van der Waals surface area (Å²) in [6.45, 7) is 1.59. The summed E-state index contributed by atoms with van der Waals surface area (Å²) in [5, 5.41) is 12.0. The molecule has 26 heavy (non-hydrogen) atoms. The number of aliphatic hydroxyl groups excluding tert-OH is 1. The van der Waals surface area contributed by atoms with Crippen molar-refractivity contribution in [3.8, 4) is 11.1 Å². The van der Waals surface area contributed by atoms with Gasteiger partial charge in [0.2, 0.25) is 0 Å². The fourth-order valence-electron chi connectivity index (χ4n) is 3.14. The molecule has 2 atom stereocenters. The van der Waals surface area contributed by atoms with Crippen LogP contribution in [0.2, 0.25) is 0 Å². The number of alkyl carbamates (subject to hydrolysis) is 1. The van der Waals surface area contributed by atoms with E-state index in [1.165, 1.54) is 6.92 Å². The molecule has 0 aromatic heterocycles. The van der Waals surface area contributed by atoms with Crippen molar-refractivity contribution in [1.29, 1.82) is 0 Å². The number of hydrogen-bond acceptors (Lipinski definition) is 4. The standard InChI is InChI=1S/C19H19NO4Se.Na/c1-11(21)17(18(22)25)20-19(23)24-10-16-14-8-4-2-6-12(14)13-7-3-5-9-15(13)16;/h2-9,11,16-17,21H,10H2,1H3,(H,20,23)(H,22,25);/q;+1/p-1/t11-,17+;/m0./s1. The first-order chi connectivity index (χ1) is 12.0. The average molecular weight is 426 g/mol. The van der Waals surface area contributed by atoms with Crippen LogP contribution in [0.5, 0.6) is 0 Å². The number of benzene rings is 2. The normalized spacial score (nSPS) is 14.4. The van der Waals surface area contributed by atoms with E-state index >= 15 is 0 Å². The van der Waals surface area contributed by atoms with Crippen LogP contribution in [0.15, 0.2) is 48.5 Å². The van der Waals surface area contributed by atoms with E-state index in [-0.39, 0.29) is 42.1 Å². The van der Waals surface area contributed by atoms with Crippen LogP contribution in [0.3, 0.4) is 0 Å². The van der Waals surface area contributed by atoms with E-state index in [4.69, 9.17) is 4.74 Å². The van der Waals surface area contributed by atoms with Crippen molar-refractivity contribution in [2.24, 2.45) is 0 Å². The quantitative estimate of drug-likeness (QED) is 0.600. The Labute approximate surface area is 182 Å². The van der Waals surface area contributed by atoms with Crippen molar-refractivity contribution in [3.63, 3.8) is 0 Å². The van der Waals surface area contributed by atoms with Crippen molar-refractivity contribution < 1.29 is 49.0 Å². The topological polar surface area (TPSA) is 75.6 Å². The van der Waals surface area contributed by atoms with Gasteiger partial charge in [-0.2, -0.15) is 0 Å². The Bertz CT molecular complexity index is 766. The number of rotatable bonds is 5. The van der Waals surface area contributed by atoms with E-state index in [1.807, 2.05) is 36.4 Å². The monoisotopic (exact) mass is 427 g/mol. The number of aliphatic hydroxyl groups is 1. The molecule has 7 heteroatoms. The molecule has 5 nitrogen and oxygen atoms in total.